The van der Waals surface area contributed by atoms with Gasteiger partial charge < -0.3 is 10.6 Å². The lowest BCUT2D eigenvalue weighted by Gasteiger charge is -2.14. The first kappa shape index (κ1) is 19.7. The first-order valence-electron chi connectivity index (χ1n) is 8.02. The van der Waals surface area contributed by atoms with Crippen LogP contribution in [-0.4, -0.2) is 35.8 Å². The molecule has 27 heavy (non-hydrogen) atoms. The molecular weight excluding hydrogens is 457 g/mol. The maximum absolute atomic E-state index is 12.3. The molecule has 0 bridgehead atoms. The Labute approximate surface area is 173 Å². The Morgan fingerprint density at radius 1 is 1.00 bits per heavy atom. The molecule has 0 unspecified atom stereocenters. The average Bonchev–Trinajstić information content (AvgIpc) is 2.86. The van der Waals surface area contributed by atoms with Gasteiger partial charge in [-0.05, 0) is 42.8 Å². The fraction of sp³-hybridized carbons (Fsp3) is 0.167. The molecule has 0 spiro atoms. The standard InChI is InChI=1S/C18H14BrCl2N3O3/c19-10-2-4-12-13(8-10)17(26)24(16(12)25)7-1-6-22-18(27)23-11-3-5-14(20)15(21)9-11/h2-5,8-9H,1,6-7H2,(H2,22,23,27). The predicted octanol–water partition coefficient (Wildman–Crippen LogP) is 4.56. The second-order valence-corrected chi connectivity index (χ2v) is 7.55. The van der Waals surface area contributed by atoms with Crippen molar-refractivity contribution in [1.29, 1.82) is 0 Å². The summed E-state index contributed by atoms with van der Waals surface area (Å²) in [4.78, 5) is 37.8. The highest BCUT2D eigenvalue weighted by Crippen LogP contribution is 2.26. The molecule has 9 heteroatoms. The topological polar surface area (TPSA) is 78.5 Å². The lowest BCUT2D eigenvalue weighted by atomic mass is 10.1. The van der Waals surface area contributed by atoms with Crippen LogP contribution in [0.2, 0.25) is 10.0 Å². The second-order valence-electron chi connectivity index (χ2n) is 5.82. The van der Waals surface area contributed by atoms with Gasteiger partial charge >= 0.3 is 6.03 Å². The summed E-state index contributed by atoms with van der Waals surface area (Å²) >= 11 is 15.0. The minimum atomic E-state index is -0.417. The number of hydrogen-bond acceptors (Lipinski definition) is 3. The van der Waals surface area contributed by atoms with Crippen molar-refractivity contribution in [3.63, 3.8) is 0 Å². The predicted molar refractivity (Wildman–Crippen MR) is 108 cm³/mol. The minimum Gasteiger partial charge on any atom is -0.338 e. The van der Waals surface area contributed by atoms with Crippen molar-refractivity contribution in [3.8, 4) is 0 Å². The van der Waals surface area contributed by atoms with Gasteiger partial charge in [-0.1, -0.05) is 39.1 Å². The number of rotatable bonds is 5. The average molecular weight is 471 g/mol. The van der Waals surface area contributed by atoms with Crippen molar-refractivity contribution in [2.45, 2.75) is 6.42 Å². The van der Waals surface area contributed by atoms with Crippen LogP contribution in [0.3, 0.4) is 0 Å². The Bertz CT molecular complexity index is 936. The number of hydrogen-bond donors (Lipinski definition) is 2. The minimum absolute atomic E-state index is 0.219. The molecule has 0 aromatic heterocycles. The van der Waals surface area contributed by atoms with Crippen molar-refractivity contribution in [2.24, 2.45) is 0 Å². The van der Waals surface area contributed by atoms with E-state index in [9.17, 15) is 14.4 Å². The van der Waals surface area contributed by atoms with E-state index in [1.54, 1.807) is 36.4 Å². The summed E-state index contributed by atoms with van der Waals surface area (Å²) in [6.45, 7) is 0.515. The third-order valence-electron chi connectivity index (χ3n) is 3.95. The highest BCUT2D eigenvalue weighted by atomic mass is 79.9. The van der Waals surface area contributed by atoms with Crippen LogP contribution in [0, 0.1) is 0 Å². The van der Waals surface area contributed by atoms with Gasteiger partial charge in [0.05, 0.1) is 21.2 Å². The zero-order valence-electron chi connectivity index (χ0n) is 13.9. The molecule has 0 saturated carbocycles. The highest BCUT2D eigenvalue weighted by molar-refractivity contribution is 9.10. The van der Waals surface area contributed by atoms with Crippen LogP contribution in [-0.2, 0) is 0 Å². The quantitative estimate of drug-likeness (QED) is 0.496. The van der Waals surface area contributed by atoms with Gasteiger partial charge in [0, 0.05) is 23.2 Å². The molecule has 0 atom stereocenters. The number of imide groups is 1. The molecule has 4 amide bonds. The molecule has 6 nitrogen and oxygen atoms in total. The summed E-state index contributed by atoms with van der Waals surface area (Å²) in [7, 11) is 0. The van der Waals surface area contributed by atoms with E-state index in [-0.39, 0.29) is 18.4 Å². The normalized spacial score (nSPS) is 12.9. The molecule has 140 valence electrons. The van der Waals surface area contributed by atoms with Gasteiger partial charge in [-0.3, -0.25) is 14.5 Å². The number of fused-ring (bicyclic) bond motifs is 1. The summed E-state index contributed by atoms with van der Waals surface area (Å²) < 4.78 is 0.741. The molecule has 2 aromatic rings. The van der Waals surface area contributed by atoms with Gasteiger partial charge in [0.15, 0.2) is 0 Å². The highest BCUT2D eigenvalue weighted by Gasteiger charge is 2.34. The number of halogens is 3. The Morgan fingerprint density at radius 2 is 1.74 bits per heavy atom. The molecule has 0 fully saturated rings. The largest absolute Gasteiger partial charge is 0.338 e. The molecule has 0 radical (unpaired) electrons. The van der Waals surface area contributed by atoms with E-state index in [0.29, 0.717) is 39.8 Å². The van der Waals surface area contributed by atoms with Gasteiger partial charge in [0.2, 0.25) is 0 Å². The fourth-order valence-corrected chi connectivity index (χ4v) is 3.31. The van der Waals surface area contributed by atoms with E-state index >= 15 is 0 Å². The number of nitrogens with one attached hydrogen (secondary N) is 2. The molecule has 2 aromatic carbocycles. The van der Waals surface area contributed by atoms with Gasteiger partial charge in [-0.2, -0.15) is 0 Å². The molecule has 1 heterocycles. The molecule has 0 saturated heterocycles. The SMILES string of the molecule is O=C(NCCCN1C(=O)c2ccc(Br)cc2C1=O)Nc1ccc(Cl)c(Cl)c1. The zero-order valence-corrected chi connectivity index (χ0v) is 17.0. The lowest BCUT2D eigenvalue weighted by Crippen LogP contribution is -2.35. The zero-order chi connectivity index (χ0) is 19.6. The van der Waals surface area contributed by atoms with E-state index in [1.807, 2.05) is 0 Å². The van der Waals surface area contributed by atoms with Gasteiger partial charge in [-0.25, -0.2) is 4.79 Å². The Hall–Kier alpha value is -2.09. The van der Waals surface area contributed by atoms with Crippen LogP contribution in [0.4, 0.5) is 10.5 Å². The number of benzene rings is 2. The fourth-order valence-electron chi connectivity index (χ4n) is 2.65. The Kier molecular flexibility index (Phi) is 6.04. The number of carbonyl (C=O) groups is 3. The first-order chi connectivity index (χ1) is 12.9. The number of anilines is 1. The van der Waals surface area contributed by atoms with Crippen LogP contribution >= 0.6 is 39.1 Å². The molecule has 0 aliphatic carbocycles. The van der Waals surface area contributed by atoms with E-state index in [0.717, 1.165) is 4.47 Å². The smallest absolute Gasteiger partial charge is 0.319 e. The van der Waals surface area contributed by atoms with Crippen molar-refractivity contribution >= 4 is 62.7 Å². The Morgan fingerprint density at radius 3 is 2.48 bits per heavy atom. The first-order valence-corrected chi connectivity index (χ1v) is 9.57. The van der Waals surface area contributed by atoms with E-state index < -0.39 is 6.03 Å². The lowest BCUT2D eigenvalue weighted by molar-refractivity contribution is 0.0653. The van der Waals surface area contributed by atoms with Gasteiger partial charge in [-0.15, -0.1) is 0 Å². The van der Waals surface area contributed by atoms with E-state index in [2.05, 4.69) is 26.6 Å². The van der Waals surface area contributed by atoms with Crippen molar-refractivity contribution in [2.75, 3.05) is 18.4 Å². The maximum atomic E-state index is 12.3. The summed E-state index contributed by atoms with van der Waals surface area (Å²) in [6, 6.07) is 9.33. The van der Waals surface area contributed by atoms with Gasteiger partial charge in [0.1, 0.15) is 0 Å². The third-order valence-corrected chi connectivity index (χ3v) is 5.19. The van der Waals surface area contributed by atoms with E-state index in [4.69, 9.17) is 23.2 Å². The number of nitrogens with zero attached hydrogens (tertiary/aromatic N) is 1. The van der Waals surface area contributed by atoms with Crippen LogP contribution in [0.1, 0.15) is 27.1 Å². The summed E-state index contributed by atoms with van der Waals surface area (Å²) in [5.74, 6) is -0.640. The number of carbonyl (C=O) groups excluding carboxylic acids is 3. The number of amides is 4. The van der Waals surface area contributed by atoms with Crippen molar-refractivity contribution in [1.82, 2.24) is 10.2 Å². The van der Waals surface area contributed by atoms with Gasteiger partial charge in [0.25, 0.3) is 11.8 Å². The number of urea groups is 1. The van der Waals surface area contributed by atoms with Crippen molar-refractivity contribution < 1.29 is 14.4 Å². The molecular formula is C18H14BrCl2N3O3. The molecule has 1 aliphatic rings. The summed E-state index contributed by atoms with van der Waals surface area (Å²) in [5.41, 5.74) is 1.29. The Balaban J connectivity index is 1.48. The molecule has 2 N–H and O–H groups in total. The summed E-state index contributed by atoms with van der Waals surface area (Å²) in [6.07, 6.45) is 0.432. The van der Waals surface area contributed by atoms with Crippen molar-refractivity contribution in [3.05, 3.63) is 62.0 Å². The maximum Gasteiger partial charge on any atom is 0.319 e. The third kappa shape index (κ3) is 4.43. The van der Waals surface area contributed by atoms with Crippen LogP contribution in [0.15, 0.2) is 40.9 Å². The van der Waals surface area contributed by atoms with E-state index in [1.165, 1.54) is 4.90 Å². The van der Waals surface area contributed by atoms with Crippen LogP contribution in [0.5, 0.6) is 0 Å². The van der Waals surface area contributed by atoms with Crippen LogP contribution in [0.25, 0.3) is 0 Å². The molecule has 3 rings (SSSR count). The molecule has 1 aliphatic heterocycles. The monoisotopic (exact) mass is 469 g/mol. The summed E-state index contributed by atoms with van der Waals surface area (Å²) in [5, 5.41) is 6.04. The second kappa shape index (κ2) is 8.29. The van der Waals surface area contributed by atoms with Crippen LogP contribution < -0.4 is 10.6 Å².